The van der Waals surface area contributed by atoms with E-state index in [4.69, 9.17) is 5.26 Å². The van der Waals surface area contributed by atoms with Gasteiger partial charge in [-0.2, -0.15) is 9.57 Å². The molecule has 0 aliphatic carbocycles. The predicted molar refractivity (Wildman–Crippen MR) is 79.7 cm³/mol. The molecule has 0 N–H and O–H groups in total. The molecule has 0 unspecified atom stereocenters. The van der Waals surface area contributed by atoms with Gasteiger partial charge in [-0.05, 0) is 24.3 Å². The van der Waals surface area contributed by atoms with Crippen LogP contribution in [0.15, 0.2) is 33.6 Å². The number of carbonyl (C=O) groups is 1. The van der Waals surface area contributed by atoms with Gasteiger partial charge in [0.05, 0.1) is 11.0 Å². The summed E-state index contributed by atoms with van der Waals surface area (Å²) in [5, 5.41) is 8.51. The summed E-state index contributed by atoms with van der Waals surface area (Å²) in [7, 11) is -3.53. The number of nitrogens with zero attached hydrogens (tertiary/aromatic N) is 3. The predicted octanol–water partition coefficient (Wildman–Crippen LogP) is 1.20. The molecule has 0 spiro atoms. The Morgan fingerprint density at radius 2 is 1.76 bits per heavy atom. The highest BCUT2D eigenvalue weighted by molar-refractivity contribution is 9.10. The topological polar surface area (TPSA) is 81.5 Å². The van der Waals surface area contributed by atoms with E-state index in [1.54, 1.807) is 24.3 Å². The minimum absolute atomic E-state index is 0.167. The summed E-state index contributed by atoms with van der Waals surface area (Å²) in [5.41, 5.74) is 0. The van der Waals surface area contributed by atoms with Crippen LogP contribution in [0.5, 0.6) is 0 Å². The van der Waals surface area contributed by atoms with E-state index < -0.39 is 10.0 Å². The maximum absolute atomic E-state index is 12.5. The first-order chi connectivity index (χ1) is 9.95. The lowest BCUT2D eigenvalue weighted by Gasteiger charge is -2.33. The largest absolute Gasteiger partial charge is 0.339 e. The van der Waals surface area contributed by atoms with Gasteiger partial charge in [0, 0.05) is 30.7 Å². The van der Waals surface area contributed by atoms with Crippen LogP contribution in [-0.2, 0) is 14.8 Å². The van der Waals surface area contributed by atoms with Crippen molar-refractivity contribution in [3.05, 3.63) is 28.7 Å². The van der Waals surface area contributed by atoms with Crippen molar-refractivity contribution in [2.45, 2.75) is 11.3 Å². The lowest BCUT2D eigenvalue weighted by Crippen LogP contribution is -2.50. The van der Waals surface area contributed by atoms with E-state index in [-0.39, 0.29) is 30.3 Å². The first-order valence-corrected chi connectivity index (χ1v) is 8.59. The minimum Gasteiger partial charge on any atom is -0.339 e. The average Bonchev–Trinajstić information content (AvgIpc) is 2.48. The monoisotopic (exact) mass is 371 g/mol. The molecule has 0 radical (unpaired) electrons. The minimum atomic E-state index is -3.53. The van der Waals surface area contributed by atoms with E-state index in [1.807, 2.05) is 6.07 Å². The van der Waals surface area contributed by atoms with Crippen LogP contribution in [0.2, 0.25) is 0 Å². The van der Waals surface area contributed by atoms with Crippen LogP contribution in [0.25, 0.3) is 0 Å². The number of hydrogen-bond acceptors (Lipinski definition) is 4. The molecule has 1 aliphatic heterocycles. The fourth-order valence-electron chi connectivity index (χ4n) is 2.11. The van der Waals surface area contributed by atoms with Crippen molar-refractivity contribution in [1.29, 1.82) is 5.26 Å². The quantitative estimate of drug-likeness (QED) is 0.798. The first kappa shape index (κ1) is 15.9. The van der Waals surface area contributed by atoms with Crippen LogP contribution < -0.4 is 0 Å². The fourth-order valence-corrected chi connectivity index (χ4v) is 3.80. The zero-order chi connectivity index (χ0) is 15.5. The Morgan fingerprint density at radius 1 is 1.19 bits per heavy atom. The highest BCUT2D eigenvalue weighted by Crippen LogP contribution is 2.20. The van der Waals surface area contributed by atoms with Crippen molar-refractivity contribution in [3.8, 4) is 6.07 Å². The van der Waals surface area contributed by atoms with E-state index in [2.05, 4.69) is 15.9 Å². The summed E-state index contributed by atoms with van der Waals surface area (Å²) in [6.45, 7) is 1.12. The third kappa shape index (κ3) is 3.61. The number of rotatable bonds is 3. The van der Waals surface area contributed by atoms with Gasteiger partial charge in [0.15, 0.2) is 0 Å². The molecule has 1 aromatic carbocycles. The van der Waals surface area contributed by atoms with E-state index in [0.29, 0.717) is 13.1 Å². The number of amides is 1. The van der Waals surface area contributed by atoms with E-state index >= 15 is 0 Å². The molecule has 6 nitrogen and oxygen atoms in total. The third-order valence-corrected chi connectivity index (χ3v) is 5.71. The van der Waals surface area contributed by atoms with Gasteiger partial charge in [0.2, 0.25) is 15.9 Å². The highest BCUT2D eigenvalue weighted by atomic mass is 79.9. The molecule has 1 aromatic rings. The van der Waals surface area contributed by atoms with Gasteiger partial charge in [0.1, 0.15) is 6.42 Å². The smallest absolute Gasteiger partial charge is 0.243 e. The molecule has 0 saturated carbocycles. The Bertz CT molecular complexity index is 659. The summed E-state index contributed by atoms with van der Waals surface area (Å²) in [6, 6.07) is 8.27. The van der Waals surface area contributed by atoms with Crippen LogP contribution >= 0.6 is 15.9 Å². The number of carbonyl (C=O) groups excluding carboxylic acids is 1. The van der Waals surface area contributed by atoms with E-state index in [9.17, 15) is 13.2 Å². The van der Waals surface area contributed by atoms with Gasteiger partial charge < -0.3 is 4.90 Å². The highest BCUT2D eigenvalue weighted by Gasteiger charge is 2.29. The van der Waals surface area contributed by atoms with Crippen molar-refractivity contribution in [2.75, 3.05) is 26.2 Å². The summed E-state index contributed by atoms with van der Waals surface area (Å²) in [4.78, 5) is 13.4. The van der Waals surface area contributed by atoms with Gasteiger partial charge >= 0.3 is 0 Å². The normalized spacial score (nSPS) is 16.5. The molecule has 8 heteroatoms. The Labute approximate surface area is 132 Å². The summed E-state index contributed by atoms with van der Waals surface area (Å²) >= 11 is 3.27. The second kappa shape index (κ2) is 6.56. The molecule has 1 heterocycles. The fraction of sp³-hybridized carbons (Fsp3) is 0.385. The van der Waals surface area contributed by atoms with Gasteiger partial charge in [-0.1, -0.05) is 15.9 Å². The van der Waals surface area contributed by atoms with Crippen molar-refractivity contribution < 1.29 is 13.2 Å². The second-order valence-corrected chi connectivity index (χ2v) is 7.43. The zero-order valence-electron chi connectivity index (χ0n) is 11.2. The molecule has 1 fully saturated rings. The molecular formula is C13H14BrN3O3S. The molecule has 0 atom stereocenters. The molecule has 0 bridgehead atoms. The third-order valence-electron chi connectivity index (χ3n) is 3.27. The number of hydrogen-bond donors (Lipinski definition) is 0. The Morgan fingerprint density at radius 3 is 2.29 bits per heavy atom. The molecule has 2 rings (SSSR count). The van der Waals surface area contributed by atoms with Crippen molar-refractivity contribution >= 4 is 31.9 Å². The van der Waals surface area contributed by atoms with Crippen LogP contribution in [0.1, 0.15) is 6.42 Å². The average molecular weight is 372 g/mol. The van der Waals surface area contributed by atoms with Gasteiger partial charge in [0.25, 0.3) is 0 Å². The number of piperazine rings is 1. The molecule has 21 heavy (non-hydrogen) atoms. The van der Waals surface area contributed by atoms with Crippen LogP contribution in [0.4, 0.5) is 0 Å². The number of nitriles is 1. The molecular weight excluding hydrogens is 358 g/mol. The molecule has 1 saturated heterocycles. The van der Waals surface area contributed by atoms with Crippen molar-refractivity contribution in [1.82, 2.24) is 9.21 Å². The van der Waals surface area contributed by atoms with Gasteiger partial charge in [-0.25, -0.2) is 8.42 Å². The number of benzene rings is 1. The molecule has 112 valence electrons. The van der Waals surface area contributed by atoms with Gasteiger partial charge in [-0.3, -0.25) is 4.79 Å². The zero-order valence-corrected chi connectivity index (χ0v) is 13.6. The summed E-state index contributed by atoms with van der Waals surface area (Å²) in [5.74, 6) is -0.252. The van der Waals surface area contributed by atoms with Crippen molar-refractivity contribution in [2.24, 2.45) is 0 Å². The Balaban J connectivity index is 2.06. The number of halogens is 1. The van der Waals surface area contributed by atoms with Crippen molar-refractivity contribution in [3.63, 3.8) is 0 Å². The number of sulfonamides is 1. The lowest BCUT2D eigenvalue weighted by molar-refractivity contribution is -0.131. The second-order valence-electron chi connectivity index (χ2n) is 4.57. The molecule has 1 aliphatic rings. The Kier molecular flexibility index (Phi) is 4.98. The molecule has 1 amide bonds. The first-order valence-electron chi connectivity index (χ1n) is 6.35. The van der Waals surface area contributed by atoms with E-state index in [1.165, 1.54) is 9.21 Å². The van der Waals surface area contributed by atoms with Gasteiger partial charge in [-0.15, -0.1) is 0 Å². The van der Waals surface area contributed by atoms with E-state index in [0.717, 1.165) is 4.47 Å². The van der Waals surface area contributed by atoms with Crippen LogP contribution in [0.3, 0.4) is 0 Å². The molecule has 0 aromatic heterocycles. The maximum Gasteiger partial charge on any atom is 0.243 e. The summed E-state index contributed by atoms with van der Waals surface area (Å²) < 4.78 is 27.1. The maximum atomic E-state index is 12.5. The standard InChI is InChI=1S/C13H14BrN3O3S/c14-11-1-3-12(4-2-11)21(19,20)17-9-7-16(8-10-17)13(18)5-6-15/h1-4H,5,7-10H2. The SMILES string of the molecule is N#CCC(=O)N1CCN(S(=O)(=O)c2ccc(Br)cc2)CC1. The Hall–Kier alpha value is -1.43. The summed E-state index contributed by atoms with van der Waals surface area (Å²) in [6.07, 6.45) is -0.167. The lowest BCUT2D eigenvalue weighted by atomic mass is 10.3. The van der Waals surface area contributed by atoms with Crippen LogP contribution in [-0.4, -0.2) is 49.7 Å². The van der Waals surface area contributed by atoms with Crippen LogP contribution in [0, 0.1) is 11.3 Å².